The van der Waals surface area contributed by atoms with Gasteiger partial charge in [-0.1, -0.05) is 26.3 Å². The summed E-state index contributed by atoms with van der Waals surface area (Å²) >= 11 is 1.74. The summed E-state index contributed by atoms with van der Waals surface area (Å²) < 4.78 is 0. The van der Waals surface area contributed by atoms with Crippen LogP contribution in [0.3, 0.4) is 0 Å². The predicted octanol–water partition coefficient (Wildman–Crippen LogP) is 3.95. The van der Waals surface area contributed by atoms with E-state index in [-0.39, 0.29) is 11.9 Å². The van der Waals surface area contributed by atoms with Crippen molar-refractivity contribution in [2.45, 2.75) is 51.0 Å². The molecule has 24 heavy (non-hydrogen) atoms. The Morgan fingerprint density at radius 1 is 1.42 bits per heavy atom. The number of amides is 1. The number of nitrogens with one attached hydrogen (secondary N) is 2. The average Bonchev–Trinajstić information content (AvgIpc) is 2.57. The quantitative estimate of drug-likeness (QED) is 0.361. The van der Waals surface area contributed by atoms with Crippen LogP contribution in [0.2, 0.25) is 0 Å². The highest BCUT2D eigenvalue weighted by molar-refractivity contribution is 7.99. The van der Waals surface area contributed by atoms with Crippen LogP contribution in [-0.2, 0) is 4.79 Å². The molecule has 0 spiro atoms. The van der Waals surface area contributed by atoms with Gasteiger partial charge in [0.2, 0.25) is 5.91 Å². The van der Waals surface area contributed by atoms with Crippen LogP contribution in [-0.4, -0.2) is 38.0 Å². The van der Waals surface area contributed by atoms with Gasteiger partial charge in [0.15, 0.2) is 0 Å². The van der Waals surface area contributed by atoms with E-state index in [4.69, 9.17) is 0 Å². The summed E-state index contributed by atoms with van der Waals surface area (Å²) in [5.74, 6) is 1.52. The fourth-order valence-corrected chi connectivity index (χ4v) is 3.52. The molecule has 2 N–H and O–H groups in total. The molecular formula is C19H31N3OS. The van der Waals surface area contributed by atoms with Gasteiger partial charge >= 0.3 is 0 Å². The molecule has 0 saturated carbocycles. The van der Waals surface area contributed by atoms with Gasteiger partial charge in [-0.05, 0) is 56.5 Å². The molecule has 2 unspecified atom stereocenters. The van der Waals surface area contributed by atoms with Crippen molar-refractivity contribution in [3.8, 4) is 0 Å². The van der Waals surface area contributed by atoms with Crippen molar-refractivity contribution in [3.05, 3.63) is 23.8 Å². The number of carbonyl (C=O) groups excluding carboxylic acids is 1. The molecule has 0 aliphatic heterocycles. The molecule has 0 aliphatic rings. The highest BCUT2D eigenvalue weighted by Crippen LogP contribution is 2.30. The fourth-order valence-electron chi connectivity index (χ4n) is 2.46. The first kappa shape index (κ1) is 20.7. The largest absolute Gasteiger partial charge is 0.352 e. The van der Waals surface area contributed by atoms with E-state index in [2.05, 4.69) is 49.2 Å². The Hall–Kier alpha value is -1.33. The van der Waals surface area contributed by atoms with Crippen molar-refractivity contribution in [1.82, 2.24) is 10.6 Å². The number of carbonyl (C=O) groups is 1. The Bertz CT molecular complexity index is 533. The molecule has 1 amide bonds. The summed E-state index contributed by atoms with van der Waals surface area (Å²) in [6, 6.07) is 6.36. The minimum Gasteiger partial charge on any atom is -0.352 e. The van der Waals surface area contributed by atoms with E-state index in [9.17, 15) is 4.79 Å². The molecule has 5 heteroatoms. The third-order valence-corrected chi connectivity index (χ3v) is 5.32. The molecule has 4 nitrogen and oxygen atoms in total. The highest BCUT2D eigenvalue weighted by Gasteiger charge is 2.17. The summed E-state index contributed by atoms with van der Waals surface area (Å²) in [6.07, 6.45) is 2.48. The van der Waals surface area contributed by atoms with Crippen molar-refractivity contribution < 1.29 is 4.79 Å². The lowest BCUT2D eigenvalue weighted by molar-refractivity contribution is -0.122. The first-order valence-corrected chi connectivity index (χ1v) is 9.64. The summed E-state index contributed by atoms with van der Waals surface area (Å²) in [5.41, 5.74) is 2.13. The normalized spacial score (nSPS) is 13.3. The Morgan fingerprint density at radius 2 is 2.17 bits per heavy atom. The van der Waals surface area contributed by atoms with E-state index in [1.54, 1.807) is 11.8 Å². The first-order valence-electron chi connectivity index (χ1n) is 8.65. The molecule has 0 aliphatic carbocycles. The summed E-state index contributed by atoms with van der Waals surface area (Å²) in [7, 11) is 1.92. The SMILES string of the molecule is C=Nc1ccc(C)cc1SCCCC(=O)NC(CNC)C(C)CC. The number of hydrogen-bond acceptors (Lipinski definition) is 4. The molecule has 1 aromatic rings. The third kappa shape index (κ3) is 7.05. The van der Waals surface area contributed by atoms with E-state index in [0.29, 0.717) is 12.3 Å². The van der Waals surface area contributed by atoms with Crippen molar-refractivity contribution in [1.29, 1.82) is 0 Å². The van der Waals surface area contributed by atoms with Crippen molar-refractivity contribution >= 4 is 30.1 Å². The smallest absolute Gasteiger partial charge is 0.220 e. The average molecular weight is 350 g/mol. The van der Waals surface area contributed by atoms with Crippen LogP contribution < -0.4 is 10.6 Å². The lowest BCUT2D eigenvalue weighted by atomic mass is 9.99. The first-order chi connectivity index (χ1) is 11.5. The molecule has 0 aromatic heterocycles. The standard InChI is InChI=1S/C19H31N3OS/c1-6-15(3)17(13-20-4)22-19(23)8-7-11-24-18-12-14(2)9-10-16(18)21-5/h9-10,12,15,17,20H,5-8,11,13H2,1-4H3,(H,22,23). The summed E-state index contributed by atoms with van der Waals surface area (Å²) in [5, 5.41) is 6.32. The maximum atomic E-state index is 12.2. The van der Waals surface area contributed by atoms with Crippen LogP contribution >= 0.6 is 11.8 Å². The number of aryl methyl sites for hydroxylation is 1. The zero-order valence-corrected chi connectivity index (χ0v) is 16.2. The zero-order valence-electron chi connectivity index (χ0n) is 15.4. The van der Waals surface area contributed by atoms with Crippen molar-refractivity contribution in [3.63, 3.8) is 0 Å². The second kappa shape index (κ2) is 11.3. The predicted molar refractivity (Wildman–Crippen MR) is 106 cm³/mol. The molecular weight excluding hydrogens is 318 g/mol. The third-order valence-electron chi connectivity index (χ3n) is 4.19. The van der Waals surface area contributed by atoms with Crippen LogP contribution in [0.15, 0.2) is 28.1 Å². The Kier molecular flexibility index (Phi) is 9.72. The highest BCUT2D eigenvalue weighted by atomic mass is 32.2. The number of nitrogens with zero attached hydrogens (tertiary/aromatic N) is 1. The summed E-state index contributed by atoms with van der Waals surface area (Å²) in [6.45, 7) is 10.8. The number of benzene rings is 1. The minimum absolute atomic E-state index is 0.141. The van der Waals surface area contributed by atoms with Crippen LogP contribution in [0.4, 0.5) is 5.69 Å². The maximum Gasteiger partial charge on any atom is 0.220 e. The van der Waals surface area contributed by atoms with E-state index < -0.39 is 0 Å². The van der Waals surface area contributed by atoms with Crippen LogP contribution in [0.5, 0.6) is 0 Å². The molecule has 134 valence electrons. The van der Waals surface area contributed by atoms with Gasteiger partial charge in [0.05, 0.1) is 5.69 Å². The minimum atomic E-state index is 0.141. The lowest BCUT2D eigenvalue weighted by Gasteiger charge is -2.24. The van der Waals surface area contributed by atoms with Gasteiger partial charge in [-0.15, -0.1) is 11.8 Å². The monoisotopic (exact) mass is 349 g/mol. The maximum absolute atomic E-state index is 12.2. The van der Waals surface area contributed by atoms with Gasteiger partial charge in [0.1, 0.15) is 0 Å². The summed E-state index contributed by atoms with van der Waals surface area (Å²) in [4.78, 5) is 17.4. The van der Waals surface area contributed by atoms with Gasteiger partial charge in [0, 0.05) is 23.9 Å². The Balaban J connectivity index is 2.40. The van der Waals surface area contributed by atoms with E-state index in [1.165, 1.54) is 5.56 Å². The molecule has 1 aromatic carbocycles. The molecule has 0 radical (unpaired) electrons. The second-order valence-corrected chi connectivity index (χ2v) is 7.34. The number of likely N-dealkylation sites (N-methyl/N-ethyl adjacent to an activating group) is 1. The van der Waals surface area contributed by atoms with Crippen molar-refractivity contribution in [2.75, 3.05) is 19.3 Å². The van der Waals surface area contributed by atoms with Gasteiger partial charge in [-0.3, -0.25) is 9.79 Å². The van der Waals surface area contributed by atoms with Crippen molar-refractivity contribution in [2.24, 2.45) is 10.9 Å². The molecule has 0 fully saturated rings. The van der Waals surface area contributed by atoms with Gasteiger partial charge in [-0.2, -0.15) is 0 Å². The van der Waals surface area contributed by atoms with Crippen LogP contribution in [0.1, 0.15) is 38.7 Å². The molecule has 0 bridgehead atoms. The number of rotatable bonds is 11. The van der Waals surface area contributed by atoms with Crippen LogP contribution in [0.25, 0.3) is 0 Å². The lowest BCUT2D eigenvalue weighted by Crippen LogP contribution is -2.45. The second-order valence-electron chi connectivity index (χ2n) is 6.20. The Labute approximate surface area is 150 Å². The molecule has 0 heterocycles. The molecule has 2 atom stereocenters. The zero-order chi connectivity index (χ0) is 17.9. The molecule has 1 rings (SSSR count). The number of thioether (sulfide) groups is 1. The van der Waals surface area contributed by atoms with Gasteiger partial charge < -0.3 is 10.6 Å². The fraction of sp³-hybridized carbons (Fsp3) is 0.579. The van der Waals surface area contributed by atoms with Crippen LogP contribution in [0, 0.1) is 12.8 Å². The van der Waals surface area contributed by atoms with E-state index >= 15 is 0 Å². The van der Waals surface area contributed by atoms with E-state index in [0.717, 1.165) is 35.7 Å². The Morgan fingerprint density at radius 3 is 2.79 bits per heavy atom. The molecule has 0 saturated heterocycles. The van der Waals surface area contributed by atoms with Gasteiger partial charge in [-0.25, -0.2) is 0 Å². The van der Waals surface area contributed by atoms with Gasteiger partial charge in [0.25, 0.3) is 0 Å². The van der Waals surface area contributed by atoms with E-state index in [1.807, 2.05) is 19.2 Å². The topological polar surface area (TPSA) is 53.5 Å². The number of aliphatic imine (C=N–C) groups is 1. The number of hydrogen-bond donors (Lipinski definition) is 2.